The third-order valence-corrected chi connectivity index (χ3v) is 5.09. The van der Waals surface area contributed by atoms with Gasteiger partial charge >= 0.3 is 0 Å². The molecule has 3 rings (SSSR count). The Morgan fingerprint density at radius 1 is 1.10 bits per heavy atom. The van der Waals surface area contributed by atoms with E-state index in [1.54, 1.807) is 36.4 Å². The number of hydrogen-bond donors (Lipinski definition) is 1. The second-order valence-corrected chi connectivity index (χ2v) is 7.78. The molecule has 0 aliphatic heterocycles. The average Bonchev–Trinajstić information content (AvgIpc) is 2.69. The van der Waals surface area contributed by atoms with E-state index in [2.05, 4.69) is 26.3 Å². The third kappa shape index (κ3) is 4.37. The monoisotopic (exact) mass is 456 g/mol. The van der Waals surface area contributed by atoms with Gasteiger partial charge in [0.1, 0.15) is 0 Å². The summed E-state index contributed by atoms with van der Waals surface area (Å²) >= 11 is 3.37. The van der Waals surface area contributed by atoms with Crippen LogP contribution < -0.4 is 10.9 Å². The summed E-state index contributed by atoms with van der Waals surface area (Å²) in [5, 5.41) is 7.96. The van der Waals surface area contributed by atoms with Crippen LogP contribution in [0.3, 0.4) is 0 Å². The van der Waals surface area contributed by atoms with Crippen LogP contribution >= 0.6 is 15.9 Å². The molecule has 0 aliphatic rings. The Labute approximate surface area is 176 Å². The minimum Gasteiger partial charge on any atom is -0.331 e. The molecule has 0 radical (unpaired) electrons. The molecule has 1 heterocycles. The first kappa shape index (κ1) is 20.7. The van der Waals surface area contributed by atoms with Crippen molar-refractivity contribution in [3.8, 4) is 0 Å². The molecule has 0 aliphatic carbocycles. The first-order chi connectivity index (χ1) is 13.8. The predicted octanol–water partition coefficient (Wildman–Crippen LogP) is 3.45. The molecule has 150 valence electrons. The summed E-state index contributed by atoms with van der Waals surface area (Å²) in [5.74, 6) is -0.771. The molecule has 1 aromatic heterocycles. The number of hydrogen-bond acceptors (Lipinski definition) is 4. The van der Waals surface area contributed by atoms with Gasteiger partial charge in [0.2, 0.25) is 5.91 Å². The standard InChI is InChI=1S/C21H21BrN4O3/c1-13(2)26-20(28)15-9-5-4-8-14(15)19(24-26)21(29)25(3)12-18(27)23-17-11-7-6-10-16(17)22/h4-11,13H,12H2,1-3H3,(H,23,27). The van der Waals surface area contributed by atoms with Gasteiger partial charge in [0, 0.05) is 16.9 Å². The predicted molar refractivity (Wildman–Crippen MR) is 116 cm³/mol. The minimum atomic E-state index is -0.433. The van der Waals surface area contributed by atoms with E-state index in [0.717, 1.165) is 4.47 Å². The summed E-state index contributed by atoms with van der Waals surface area (Å²) in [5.41, 5.74) is 0.516. The number of carbonyl (C=O) groups is 2. The molecule has 0 bridgehead atoms. The number of para-hydroxylation sites is 1. The number of nitrogens with one attached hydrogen (secondary N) is 1. The summed E-state index contributed by atoms with van der Waals surface area (Å²) < 4.78 is 2.05. The van der Waals surface area contributed by atoms with E-state index < -0.39 is 5.91 Å². The highest BCUT2D eigenvalue weighted by atomic mass is 79.9. The van der Waals surface area contributed by atoms with Crippen LogP contribution in [0.15, 0.2) is 57.8 Å². The van der Waals surface area contributed by atoms with E-state index in [0.29, 0.717) is 16.5 Å². The Hall–Kier alpha value is -3.00. The first-order valence-electron chi connectivity index (χ1n) is 9.11. The molecular weight excluding hydrogens is 436 g/mol. The fourth-order valence-electron chi connectivity index (χ4n) is 2.93. The molecule has 0 atom stereocenters. The van der Waals surface area contributed by atoms with Crippen LogP contribution in [0.25, 0.3) is 10.8 Å². The van der Waals surface area contributed by atoms with E-state index in [-0.39, 0.29) is 29.7 Å². The SMILES string of the molecule is CC(C)n1nc(C(=O)N(C)CC(=O)Nc2ccccc2Br)c2ccccc2c1=O. The maximum atomic E-state index is 13.1. The smallest absolute Gasteiger partial charge is 0.275 e. The van der Waals surface area contributed by atoms with Gasteiger partial charge < -0.3 is 10.2 Å². The molecular formula is C21H21BrN4O3. The molecule has 2 aromatic carbocycles. The summed E-state index contributed by atoms with van der Waals surface area (Å²) in [4.78, 5) is 39.4. The molecule has 0 fully saturated rings. The number of benzene rings is 2. The first-order valence-corrected chi connectivity index (χ1v) is 9.90. The van der Waals surface area contributed by atoms with Crippen LogP contribution in [0.4, 0.5) is 5.69 Å². The summed E-state index contributed by atoms with van der Waals surface area (Å²) in [6.07, 6.45) is 0. The summed E-state index contributed by atoms with van der Waals surface area (Å²) in [6, 6.07) is 13.9. The zero-order chi connectivity index (χ0) is 21.1. The molecule has 0 spiro atoms. The van der Waals surface area contributed by atoms with Crippen LogP contribution in [0, 0.1) is 0 Å². The van der Waals surface area contributed by atoms with Gasteiger partial charge in [-0.05, 0) is 48.0 Å². The van der Waals surface area contributed by atoms with Gasteiger partial charge in [-0.2, -0.15) is 5.10 Å². The molecule has 29 heavy (non-hydrogen) atoms. The number of likely N-dealkylation sites (N-methyl/N-ethyl adjacent to an activating group) is 1. The number of amides is 2. The average molecular weight is 457 g/mol. The Bertz CT molecular complexity index is 1140. The highest BCUT2D eigenvalue weighted by molar-refractivity contribution is 9.10. The third-order valence-electron chi connectivity index (χ3n) is 4.40. The van der Waals surface area contributed by atoms with Crippen molar-refractivity contribution in [1.29, 1.82) is 0 Å². The van der Waals surface area contributed by atoms with Gasteiger partial charge in [0.05, 0.1) is 23.7 Å². The molecule has 7 nitrogen and oxygen atoms in total. The fraction of sp³-hybridized carbons (Fsp3) is 0.238. The number of carbonyl (C=O) groups excluding carboxylic acids is 2. The Morgan fingerprint density at radius 3 is 2.38 bits per heavy atom. The fourth-order valence-corrected chi connectivity index (χ4v) is 3.32. The van der Waals surface area contributed by atoms with E-state index in [1.165, 1.54) is 16.6 Å². The number of nitrogens with zero attached hydrogens (tertiary/aromatic N) is 3. The van der Waals surface area contributed by atoms with Crippen LogP contribution in [0.2, 0.25) is 0 Å². The van der Waals surface area contributed by atoms with E-state index in [4.69, 9.17) is 0 Å². The molecule has 2 amide bonds. The van der Waals surface area contributed by atoms with Crippen molar-refractivity contribution in [3.05, 3.63) is 69.1 Å². The highest BCUT2D eigenvalue weighted by Crippen LogP contribution is 2.21. The molecule has 0 saturated carbocycles. The number of fused-ring (bicyclic) bond motifs is 1. The molecule has 3 aromatic rings. The Kier molecular flexibility index (Phi) is 6.12. The van der Waals surface area contributed by atoms with Gasteiger partial charge in [-0.3, -0.25) is 14.4 Å². The van der Waals surface area contributed by atoms with Crippen LogP contribution in [0.5, 0.6) is 0 Å². The van der Waals surface area contributed by atoms with Crippen molar-refractivity contribution in [1.82, 2.24) is 14.7 Å². The zero-order valence-corrected chi connectivity index (χ0v) is 17.9. The molecule has 0 unspecified atom stereocenters. The van der Waals surface area contributed by atoms with Gasteiger partial charge in [-0.25, -0.2) is 4.68 Å². The summed E-state index contributed by atoms with van der Waals surface area (Å²) in [6.45, 7) is 3.50. The second kappa shape index (κ2) is 8.57. The molecule has 1 N–H and O–H groups in total. The van der Waals surface area contributed by atoms with Crippen molar-refractivity contribution < 1.29 is 9.59 Å². The van der Waals surface area contributed by atoms with Gasteiger partial charge in [0.15, 0.2) is 5.69 Å². The highest BCUT2D eigenvalue weighted by Gasteiger charge is 2.22. The Morgan fingerprint density at radius 2 is 1.72 bits per heavy atom. The molecule has 0 saturated heterocycles. The quantitative estimate of drug-likeness (QED) is 0.636. The maximum absolute atomic E-state index is 13.1. The molecule has 8 heteroatoms. The second-order valence-electron chi connectivity index (χ2n) is 6.93. The van der Waals surface area contributed by atoms with Crippen molar-refractivity contribution in [2.24, 2.45) is 0 Å². The van der Waals surface area contributed by atoms with Crippen LogP contribution in [-0.2, 0) is 4.79 Å². The van der Waals surface area contributed by atoms with Crippen LogP contribution in [0.1, 0.15) is 30.4 Å². The van der Waals surface area contributed by atoms with E-state index in [9.17, 15) is 14.4 Å². The number of anilines is 1. The van der Waals surface area contributed by atoms with E-state index in [1.807, 2.05) is 26.0 Å². The Balaban J connectivity index is 1.89. The number of aromatic nitrogens is 2. The van der Waals surface area contributed by atoms with Gasteiger partial charge in [0.25, 0.3) is 11.5 Å². The van der Waals surface area contributed by atoms with E-state index >= 15 is 0 Å². The van der Waals surface area contributed by atoms with Crippen molar-refractivity contribution in [3.63, 3.8) is 0 Å². The van der Waals surface area contributed by atoms with Crippen molar-refractivity contribution in [2.75, 3.05) is 18.9 Å². The lowest BCUT2D eigenvalue weighted by molar-refractivity contribution is -0.116. The lowest BCUT2D eigenvalue weighted by atomic mass is 10.1. The zero-order valence-electron chi connectivity index (χ0n) is 16.3. The maximum Gasteiger partial charge on any atom is 0.275 e. The lowest BCUT2D eigenvalue weighted by Crippen LogP contribution is -2.37. The summed E-state index contributed by atoms with van der Waals surface area (Å²) in [7, 11) is 1.53. The van der Waals surface area contributed by atoms with Crippen molar-refractivity contribution >= 4 is 44.2 Å². The normalized spacial score (nSPS) is 10.9. The topological polar surface area (TPSA) is 84.3 Å². The van der Waals surface area contributed by atoms with Gasteiger partial charge in [-0.1, -0.05) is 30.3 Å². The van der Waals surface area contributed by atoms with Gasteiger partial charge in [-0.15, -0.1) is 0 Å². The van der Waals surface area contributed by atoms with Crippen molar-refractivity contribution in [2.45, 2.75) is 19.9 Å². The lowest BCUT2D eigenvalue weighted by Gasteiger charge is -2.19. The largest absolute Gasteiger partial charge is 0.331 e. The van der Waals surface area contributed by atoms with Crippen LogP contribution in [-0.4, -0.2) is 40.1 Å². The number of halogens is 1. The minimum absolute atomic E-state index is 0.144. The number of rotatable bonds is 5.